The first-order valence-electron chi connectivity index (χ1n) is 8.50. The van der Waals surface area contributed by atoms with Crippen molar-refractivity contribution in [3.63, 3.8) is 0 Å². The third-order valence-corrected chi connectivity index (χ3v) is 9.52. The van der Waals surface area contributed by atoms with Crippen molar-refractivity contribution in [2.45, 2.75) is 90.5 Å². The van der Waals surface area contributed by atoms with Gasteiger partial charge in [-0.05, 0) is 50.7 Å². The van der Waals surface area contributed by atoms with E-state index in [1.54, 1.807) is 0 Å². The second-order valence-corrected chi connectivity index (χ2v) is 13.4. The van der Waals surface area contributed by atoms with Crippen LogP contribution in [-0.4, -0.2) is 44.6 Å². The molecule has 1 N–H and O–H groups in total. The molecular weight excluding hydrogens is 296 g/mol. The van der Waals surface area contributed by atoms with Crippen LogP contribution in [-0.2, 0) is 13.9 Å². The molecule has 0 aromatic rings. The quantitative estimate of drug-likeness (QED) is 0.717. The molecule has 22 heavy (non-hydrogen) atoms. The third kappa shape index (κ3) is 5.30. The van der Waals surface area contributed by atoms with Gasteiger partial charge in [-0.1, -0.05) is 27.7 Å². The van der Waals surface area contributed by atoms with Gasteiger partial charge in [0.1, 0.15) is 6.10 Å². The average Bonchev–Trinajstić information content (AvgIpc) is 2.67. The Hall–Kier alpha value is 0.0569. The molecule has 0 aromatic carbocycles. The molecule has 0 spiro atoms. The van der Waals surface area contributed by atoms with E-state index in [1.807, 2.05) is 13.8 Å². The topological polar surface area (TPSA) is 47.9 Å². The Morgan fingerprint density at radius 2 is 1.82 bits per heavy atom. The van der Waals surface area contributed by atoms with E-state index in [-0.39, 0.29) is 23.9 Å². The molecule has 0 saturated carbocycles. The molecule has 1 fully saturated rings. The molecule has 0 unspecified atom stereocenters. The molecule has 0 aliphatic carbocycles. The van der Waals surface area contributed by atoms with E-state index in [1.165, 1.54) is 0 Å². The van der Waals surface area contributed by atoms with Crippen LogP contribution in [0.25, 0.3) is 0 Å². The van der Waals surface area contributed by atoms with Crippen molar-refractivity contribution in [3.05, 3.63) is 0 Å². The summed E-state index contributed by atoms with van der Waals surface area (Å²) in [6.45, 7) is 18.2. The lowest BCUT2D eigenvalue weighted by Crippen LogP contribution is -2.44. The zero-order valence-electron chi connectivity index (χ0n) is 15.7. The number of aliphatic hydroxyl groups excluding tert-OH is 1. The van der Waals surface area contributed by atoms with Gasteiger partial charge in [-0.2, -0.15) is 0 Å². The summed E-state index contributed by atoms with van der Waals surface area (Å²) >= 11 is 0. The SMILES string of the molecule is C[C@H](CCCO)[C@H]1OC(C)(C)O[C@@H]1CO[Si](C)(C)C(C)(C)C. The van der Waals surface area contributed by atoms with Crippen LogP contribution in [0.5, 0.6) is 0 Å². The van der Waals surface area contributed by atoms with Gasteiger partial charge in [0.25, 0.3) is 0 Å². The molecule has 1 aliphatic heterocycles. The van der Waals surface area contributed by atoms with Crippen molar-refractivity contribution < 1.29 is 19.0 Å². The van der Waals surface area contributed by atoms with Crippen LogP contribution < -0.4 is 0 Å². The van der Waals surface area contributed by atoms with Gasteiger partial charge in [0, 0.05) is 6.61 Å². The van der Waals surface area contributed by atoms with Crippen LogP contribution in [0.4, 0.5) is 0 Å². The summed E-state index contributed by atoms with van der Waals surface area (Å²) < 4.78 is 18.5. The average molecular weight is 333 g/mol. The smallest absolute Gasteiger partial charge is 0.192 e. The van der Waals surface area contributed by atoms with Crippen LogP contribution >= 0.6 is 0 Å². The molecule has 4 nitrogen and oxygen atoms in total. The normalized spacial score (nSPS) is 27.1. The highest BCUT2D eigenvalue weighted by Gasteiger charge is 2.45. The second kappa shape index (κ2) is 7.30. The van der Waals surface area contributed by atoms with E-state index < -0.39 is 14.1 Å². The van der Waals surface area contributed by atoms with E-state index >= 15 is 0 Å². The fraction of sp³-hybridized carbons (Fsp3) is 1.00. The minimum Gasteiger partial charge on any atom is -0.414 e. The Morgan fingerprint density at radius 3 is 2.32 bits per heavy atom. The first-order chi connectivity index (χ1) is 9.89. The summed E-state index contributed by atoms with van der Waals surface area (Å²) in [6.07, 6.45) is 1.75. The highest BCUT2D eigenvalue weighted by molar-refractivity contribution is 6.74. The first kappa shape index (κ1) is 20.1. The lowest BCUT2D eigenvalue weighted by atomic mass is 9.95. The van der Waals surface area contributed by atoms with Crippen molar-refractivity contribution >= 4 is 8.32 Å². The summed E-state index contributed by atoms with van der Waals surface area (Å²) in [5, 5.41) is 9.23. The van der Waals surface area contributed by atoms with Gasteiger partial charge in [0.2, 0.25) is 0 Å². The van der Waals surface area contributed by atoms with Gasteiger partial charge in [0.05, 0.1) is 12.7 Å². The van der Waals surface area contributed by atoms with Gasteiger partial charge in [0.15, 0.2) is 14.1 Å². The van der Waals surface area contributed by atoms with Gasteiger partial charge in [-0.3, -0.25) is 0 Å². The van der Waals surface area contributed by atoms with Crippen LogP contribution in [0.2, 0.25) is 18.1 Å². The molecule has 1 rings (SSSR count). The monoisotopic (exact) mass is 332 g/mol. The standard InChI is InChI=1S/C17H36O4Si/c1-13(10-9-11-18)15-14(20-17(5,6)21-15)12-19-22(7,8)16(2,3)4/h13-15,18H,9-12H2,1-8H3/t13-,14-,15-/m1/s1. The maximum Gasteiger partial charge on any atom is 0.192 e. The predicted molar refractivity (Wildman–Crippen MR) is 92.5 cm³/mol. The third-order valence-electron chi connectivity index (χ3n) is 5.01. The van der Waals surface area contributed by atoms with Gasteiger partial charge in [-0.15, -0.1) is 0 Å². The minimum absolute atomic E-state index is 0.0298. The van der Waals surface area contributed by atoms with Crippen molar-refractivity contribution in [2.24, 2.45) is 5.92 Å². The number of aliphatic hydroxyl groups is 1. The van der Waals surface area contributed by atoms with E-state index in [2.05, 4.69) is 40.8 Å². The number of hydrogen-bond donors (Lipinski definition) is 1. The predicted octanol–water partition coefficient (Wildman–Crippen LogP) is 3.94. The zero-order valence-corrected chi connectivity index (χ0v) is 16.7. The van der Waals surface area contributed by atoms with Crippen LogP contribution in [0.1, 0.15) is 54.4 Å². The molecule has 132 valence electrons. The van der Waals surface area contributed by atoms with E-state index in [9.17, 15) is 0 Å². The molecule has 1 saturated heterocycles. The molecule has 0 radical (unpaired) electrons. The first-order valence-corrected chi connectivity index (χ1v) is 11.4. The number of ether oxygens (including phenoxy) is 2. The Morgan fingerprint density at radius 1 is 1.23 bits per heavy atom. The number of rotatable bonds is 7. The highest BCUT2D eigenvalue weighted by Crippen LogP contribution is 2.39. The Kier molecular flexibility index (Phi) is 6.67. The second-order valence-electron chi connectivity index (χ2n) is 8.55. The summed E-state index contributed by atoms with van der Waals surface area (Å²) in [4.78, 5) is 0. The highest BCUT2D eigenvalue weighted by atomic mass is 28.4. The molecule has 1 aliphatic rings. The van der Waals surface area contributed by atoms with E-state index in [0.29, 0.717) is 12.5 Å². The van der Waals surface area contributed by atoms with E-state index in [0.717, 1.165) is 12.8 Å². The summed E-state index contributed by atoms with van der Waals surface area (Å²) in [5.74, 6) is -0.207. The summed E-state index contributed by atoms with van der Waals surface area (Å²) in [6, 6.07) is 0. The maximum atomic E-state index is 9.03. The number of hydrogen-bond acceptors (Lipinski definition) is 4. The summed E-state index contributed by atoms with van der Waals surface area (Å²) in [7, 11) is -1.78. The Labute approximate surface area is 137 Å². The lowest BCUT2D eigenvalue weighted by Gasteiger charge is -2.37. The van der Waals surface area contributed by atoms with Gasteiger partial charge >= 0.3 is 0 Å². The van der Waals surface area contributed by atoms with E-state index in [4.69, 9.17) is 19.0 Å². The molecule has 0 aromatic heterocycles. The van der Waals surface area contributed by atoms with Crippen molar-refractivity contribution in [3.8, 4) is 0 Å². The van der Waals surface area contributed by atoms with Crippen LogP contribution in [0.3, 0.4) is 0 Å². The van der Waals surface area contributed by atoms with Gasteiger partial charge < -0.3 is 19.0 Å². The maximum absolute atomic E-state index is 9.03. The zero-order chi connectivity index (χ0) is 17.2. The minimum atomic E-state index is -1.78. The van der Waals surface area contributed by atoms with Crippen molar-refractivity contribution in [2.75, 3.05) is 13.2 Å². The van der Waals surface area contributed by atoms with Crippen molar-refractivity contribution in [1.29, 1.82) is 0 Å². The molecular formula is C17H36O4Si. The van der Waals surface area contributed by atoms with Crippen molar-refractivity contribution in [1.82, 2.24) is 0 Å². The van der Waals surface area contributed by atoms with Gasteiger partial charge in [-0.25, -0.2) is 0 Å². The Bertz CT molecular complexity index is 349. The Balaban J connectivity index is 2.69. The fourth-order valence-electron chi connectivity index (χ4n) is 2.56. The molecule has 3 atom stereocenters. The molecule has 1 heterocycles. The summed E-state index contributed by atoms with van der Waals surface area (Å²) in [5.41, 5.74) is 0. The largest absolute Gasteiger partial charge is 0.414 e. The van der Waals surface area contributed by atoms with Crippen LogP contribution in [0, 0.1) is 5.92 Å². The molecule has 0 amide bonds. The molecule has 0 bridgehead atoms. The lowest BCUT2D eigenvalue weighted by molar-refractivity contribution is -0.152. The fourth-order valence-corrected chi connectivity index (χ4v) is 3.57. The van der Waals surface area contributed by atoms with Crippen LogP contribution in [0.15, 0.2) is 0 Å². The molecule has 5 heteroatoms.